The molecule has 2 N–H and O–H groups in total. The third-order valence-electron chi connectivity index (χ3n) is 5.85. The van der Waals surface area contributed by atoms with Crippen molar-refractivity contribution in [2.24, 2.45) is 13.0 Å². The summed E-state index contributed by atoms with van der Waals surface area (Å²) in [5.41, 5.74) is 2.96. The van der Waals surface area contributed by atoms with E-state index in [1.807, 2.05) is 50.4 Å². The fourth-order valence-electron chi connectivity index (χ4n) is 3.71. The van der Waals surface area contributed by atoms with E-state index >= 15 is 0 Å². The van der Waals surface area contributed by atoms with Gasteiger partial charge in [0.2, 0.25) is 5.91 Å². The van der Waals surface area contributed by atoms with E-state index in [1.54, 1.807) is 11.6 Å². The summed E-state index contributed by atoms with van der Waals surface area (Å²) in [5, 5.41) is 28.2. The van der Waals surface area contributed by atoms with Gasteiger partial charge in [0.05, 0.1) is 22.4 Å². The van der Waals surface area contributed by atoms with E-state index in [4.69, 9.17) is 0 Å². The Morgan fingerprint density at radius 3 is 2.59 bits per heavy atom. The lowest BCUT2D eigenvalue weighted by Gasteiger charge is -2.21. The van der Waals surface area contributed by atoms with Crippen molar-refractivity contribution >= 4 is 45.7 Å². The molecule has 0 spiro atoms. The predicted molar refractivity (Wildman–Crippen MR) is 151 cm³/mol. The lowest BCUT2D eigenvalue weighted by molar-refractivity contribution is -0.384. The van der Waals surface area contributed by atoms with Crippen LogP contribution in [0.3, 0.4) is 0 Å². The second-order valence-corrected chi connectivity index (χ2v) is 10.9. The van der Waals surface area contributed by atoms with Crippen LogP contribution in [0.4, 0.5) is 10.8 Å². The second-order valence-electron chi connectivity index (χ2n) is 9.14. The van der Waals surface area contributed by atoms with Gasteiger partial charge in [0.1, 0.15) is 0 Å². The number of rotatable bonds is 10. The van der Waals surface area contributed by atoms with Gasteiger partial charge in [-0.15, -0.1) is 21.5 Å². The minimum absolute atomic E-state index is 0.0516. The maximum absolute atomic E-state index is 12.9. The van der Waals surface area contributed by atoms with Gasteiger partial charge in [-0.2, -0.15) is 0 Å². The van der Waals surface area contributed by atoms with Crippen LogP contribution < -0.4 is 10.6 Å². The van der Waals surface area contributed by atoms with Crippen LogP contribution in [-0.2, 0) is 11.8 Å². The first-order valence-electron chi connectivity index (χ1n) is 12.0. The number of nitrogens with zero attached hydrogens (tertiary/aromatic N) is 5. The molecule has 0 saturated carbocycles. The van der Waals surface area contributed by atoms with E-state index in [2.05, 4.69) is 25.8 Å². The van der Waals surface area contributed by atoms with Gasteiger partial charge in [-0.3, -0.25) is 19.7 Å². The van der Waals surface area contributed by atoms with Gasteiger partial charge in [0, 0.05) is 35.7 Å². The SMILES string of the molecule is Cc1ccc(-c2csc(NC(=O)CSc3nnc([C@@H](NC(=O)c4cccc([N+](=O)[O-])c4)C(C)C)n3C)n2)cc1. The van der Waals surface area contributed by atoms with Crippen molar-refractivity contribution < 1.29 is 14.5 Å². The highest BCUT2D eigenvalue weighted by atomic mass is 32.2. The third-order valence-corrected chi connectivity index (χ3v) is 7.63. The average Bonchev–Trinajstić information content (AvgIpc) is 3.52. The molecule has 1 atom stereocenters. The van der Waals surface area contributed by atoms with Crippen LogP contribution in [0, 0.1) is 23.0 Å². The molecule has 39 heavy (non-hydrogen) atoms. The number of carbonyl (C=O) groups is 2. The van der Waals surface area contributed by atoms with Crippen LogP contribution in [0.15, 0.2) is 59.1 Å². The van der Waals surface area contributed by atoms with Gasteiger partial charge in [-0.1, -0.05) is 61.5 Å². The molecule has 4 rings (SSSR count). The molecule has 4 aromatic rings. The van der Waals surface area contributed by atoms with Crippen molar-refractivity contribution in [2.45, 2.75) is 32.0 Å². The molecule has 0 aliphatic heterocycles. The number of nitrogens with one attached hydrogen (secondary N) is 2. The summed E-state index contributed by atoms with van der Waals surface area (Å²) in [5.74, 6) is -0.132. The van der Waals surface area contributed by atoms with E-state index in [0.29, 0.717) is 16.1 Å². The minimum atomic E-state index is -0.545. The Morgan fingerprint density at radius 1 is 1.15 bits per heavy atom. The first-order valence-corrected chi connectivity index (χ1v) is 13.9. The molecule has 0 aliphatic carbocycles. The number of hydrogen-bond acceptors (Lipinski definition) is 9. The van der Waals surface area contributed by atoms with Gasteiger partial charge in [0.25, 0.3) is 11.6 Å². The number of nitro groups is 1. The summed E-state index contributed by atoms with van der Waals surface area (Å²) < 4.78 is 1.73. The largest absolute Gasteiger partial charge is 0.342 e. The van der Waals surface area contributed by atoms with E-state index < -0.39 is 16.9 Å². The monoisotopic (exact) mass is 565 g/mol. The van der Waals surface area contributed by atoms with Crippen molar-refractivity contribution in [3.63, 3.8) is 0 Å². The molecule has 0 bridgehead atoms. The van der Waals surface area contributed by atoms with Crippen LogP contribution >= 0.6 is 23.1 Å². The number of amides is 2. The standard InChI is InChI=1S/C26H27N7O4S2/c1-15(2)22(29-24(35)18-6-5-7-19(12-18)33(36)37)23-30-31-26(32(23)4)39-14-21(34)28-25-27-20(13-38-25)17-10-8-16(3)9-11-17/h5-13,15,22H,14H2,1-4H3,(H,29,35)(H,27,28,34)/t22-/m0/s1. The molecule has 0 unspecified atom stereocenters. The minimum Gasteiger partial charge on any atom is -0.342 e. The van der Waals surface area contributed by atoms with E-state index in [9.17, 15) is 19.7 Å². The number of aromatic nitrogens is 4. The molecule has 0 saturated heterocycles. The van der Waals surface area contributed by atoms with Crippen molar-refractivity contribution in [1.29, 1.82) is 0 Å². The van der Waals surface area contributed by atoms with Gasteiger partial charge in [-0.25, -0.2) is 4.98 Å². The summed E-state index contributed by atoms with van der Waals surface area (Å²) in [6, 6.07) is 13.1. The van der Waals surface area contributed by atoms with Crippen LogP contribution in [0.1, 0.15) is 41.6 Å². The number of nitro benzene ring substituents is 1. The Kier molecular flexibility index (Phi) is 8.72. The maximum atomic E-state index is 12.9. The van der Waals surface area contributed by atoms with Crippen LogP contribution in [0.5, 0.6) is 0 Å². The molecule has 0 radical (unpaired) electrons. The summed E-state index contributed by atoms with van der Waals surface area (Å²) in [6.07, 6.45) is 0. The second kappa shape index (κ2) is 12.2. The van der Waals surface area contributed by atoms with Crippen molar-refractivity contribution in [1.82, 2.24) is 25.1 Å². The first-order chi connectivity index (χ1) is 18.6. The van der Waals surface area contributed by atoms with Gasteiger partial charge < -0.3 is 15.2 Å². The Labute approximate surface area is 233 Å². The van der Waals surface area contributed by atoms with E-state index in [0.717, 1.165) is 16.8 Å². The third kappa shape index (κ3) is 6.86. The zero-order chi connectivity index (χ0) is 28.1. The molecule has 2 amide bonds. The Morgan fingerprint density at radius 2 is 1.90 bits per heavy atom. The fourth-order valence-corrected chi connectivity index (χ4v) is 5.16. The number of benzene rings is 2. The number of thiazole rings is 1. The Hall–Kier alpha value is -4.10. The first kappa shape index (κ1) is 27.9. The molecule has 13 heteroatoms. The summed E-state index contributed by atoms with van der Waals surface area (Å²) >= 11 is 2.57. The normalized spacial score (nSPS) is 11.8. The number of anilines is 1. The molecule has 202 valence electrons. The number of thioether (sulfide) groups is 1. The summed E-state index contributed by atoms with van der Waals surface area (Å²) in [4.78, 5) is 40.5. The predicted octanol–water partition coefficient (Wildman–Crippen LogP) is 5.01. The Balaban J connectivity index is 1.38. The molecule has 0 fully saturated rings. The Bertz CT molecular complexity index is 1500. The van der Waals surface area contributed by atoms with Gasteiger partial charge in [0.15, 0.2) is 16.1 Å². The van der Waals surface area contributed by atoms with Crippen molar-refractivity contribution in [3.8, 4) is 11.3 Å². The molecule has 2 aromatic carbocycles. The van der Waals surface area contributed by atoms with Crippen LogP contribution in [0.25, 0.3) is 11.3 Å². The van der Waals surface area contributed by atoms with Crippen LogP contribution in [0.2, 0.25) is 0 Å². The van der Waals surface area contributed by atoms with Gasteiger partial charge in [-0.05, 0) is 18.9 Å². The van der Waals surface area contributed by atoms with Crippen LogP contribution in [-0.4, -0.2) is 42.2 Å². The van der Waals surface area contributed by atoms with E-state index in [-0.39, 0.29) is 28.8 Å². The fraction of sp³-hybridized carbons (Fsp3) is 0.269. The zero-order valence-corrected chi connectivity index (χ0v) is 23.4. The molecule has 2 heterocycles. The van der Waals surface area contributed by atoms with Crippen molar-refractivity contribution in [3.05, 3.63) is 81.0 Å². The number of hydrogen-bond donors (Lipinski definition) is 2. The lowest BCUT2D eigenvalue weighted by Crippen LogP contribution is -2.33. The molecular formula is C26H27N7O4S2. The maximum Gasteiger partial charge on any atom is 0.270 e. The smallest absolute Gasteiger partial charge is 0.270 e. The number of non-ortho nitro benzene ring substituents is 1. The van der Waals surface area contributed by atoms with Crippen molar-refractivity contribution in [2.75, 3.05) is 11.1 Å². The summed E-state index contributed by atoms with van der Waals surface area (Å²) in [6.45, 7) is 5.87. The summed E-state index contributed by atoms with van der Waals surface area (Å²) in [7, 11) is 1.76. The lowest BCUT2D eigenvalue weighted by atomic mass is 10.0. The highest BCUT2D eigenvalue weighted by Gasteiger charge is 2.26. The van der Waals surface area contributed by atoms with E-state index in [1.165, 1.54) is 47.4 Å². The molecule has 11 nitrogen and oxygen atoms in total. The number of carbonyl (C=O) groups excluding carboxylic acids is 2. The molecule has 2 aromatic heterocycles. The molecule has 0 aliphatic rings. The quantitative estimate of drug-likeness (QED) is 0.155. The molecular weight excluding hydrogens is 538 g/mol. The zero-order valence-electron chi connectivity index (χ0n) is 21.7. The average molecular weight is 566 g/mol. The highest BCUT2D eigenvalue weighted by Crippen LogP contribution is 2.27. The highest BCUT2D eigenvalue weighted by molar-refractivity contribution is 7.99. The number of aryl methyl sites for hydroxylation is 1. The topological polar surface area (TPSA) is 145 Å². The van der Waals surface area contributed by atoms with Gasteiger partial charge >= 0.3 is 0 Å².